The number of hydrogen-bond donors (Lipinski definition) is 1. The number of rotatable bonds is 2. The number of nitrogens with two attached hydrogens (primary N) is 1. The molecule has 0 aromatic carbocycles. The first-order valence-electron chi connectivity index (χ1n) is 5.66. The van der Waals surface area contributed by atoms with Crippen LogP contribution in [0.5, 0.6) is 0 Å². The van der Waals surface area contributed by atoms with Gasteiger partial charge in [-0.3, -0.25) is 0 Å². The van der Waals surface area contributed by atoms with Crippen molar-refractivity contribution >= 4 is 11.3 Å². The van der Waals surface area contributed by atoms with E-state index in [1.54, 1.807) is 11.3 Å². The summed E-state index contributed by atoms with van der Waals surface area (Å²) in [7, 11) is 0. The average Bonchev–Trinajstić information content (AvgIpc) is 2.90. The fourth-order valence-electron chi connectivity index (χ4n) is 2.42. The van der Waals surface area contributed by atoms with Gasteiger partial charge < -0.3 is 10.3 Å². The van der Waals surface area contributed by atoms with Crippen LogP contribution in [-0.4, -0.2) is 9.55 Å². The molecule has 0 aliphatic heterocycles. The van der Waals surface area contributed by atoms with Crippen LogP contribution < -0.4 is 5.73 Å². The molecule has 1 aliphatic carbocycles. The zero-order chi connectivity index (χ0) is 11.0. The minimum atomic E-state index is 0.237. The van der Waals surface area contributed by atoms with E-state index < -0.39 is 0 Å². The molecular formula is C12H15N3S. The molecule has 0 saturated heterocycles. The van der Waals surface area contributed by atoms with Crippen molar-refractivity contribution in [2.45, 2.75) is 31.8 Å². The highest BCUT2D eigenvalue weighted by molar-refractivity contribution is 7.09. The molecule has 16 heavy (non-hydrogen) atoms. The van der Waals surface area contributed by atoms with Crippen LogP contribution in [-0.2, 0) is 13.0 Å². The molecule has 4 heteroatoms. The third kappa shape index (κ3) is 1.68. The molecule has 0 fully saturated rings. The lowest BCUT2D eigenvalue weighted by Crippen LogP contribution is -2.18. The van der Waals surface area contributed by atoms with Gasteiger partial charge in [0.05, 0.1) is 6.54 Å². The molecule has 0 spiro atoms. The van der Waals surface area contributed by atoms with Gasteiger partial charge in [0.15, 0.2) is 0 Å². The van der Waals surface area contributed by atoms with Crippen LogP contribution >= 0.6 is 11.3 Å². The molecule has 3 rings (SSSR count). The monoisotopic (exact) mass is 233 g/mol. The van der Waals surface area contributed by atoms with Crippen molar-refractivity contribution in [3.05, 3.63) is 40.1 Å². The summed E-state index contributed by atoms with van der Waals surface area (Å²) >= 11 is 1.71. The summed E-state index contributed by atoms with van der Waals surface area (Å²) in [6, 6.07) is 2.41. The van der Waals surface area contributed by atoms with E-state index >= 15 is 0 Å². The lowest BCUT2D eigenvalue weighted by molar-refractivity contribution is 0.547. The molecule has 0 amide bonds. The molecule has 1 aliphatic rings. The van der Waals surface area contributed by atoms with E-state index in [4.69, 9.17) is 5.73 Å². The number of thiazole rings is 1. The van der Waals surface area contributed by atoms with Crippen LogP contribution in [0.2, 0.25) is 0 Å². The van der Waals surface area contributed by atoms with Crippen LogP contribution in [0.1, 0.15) is 35.1 Å². The third-order valence-corrected chi connectivity index (χ3v) is 4.00. The lowest BCUT2D eigenvalue weighted by Gasteiger charge is -2.20. The number of aromatic nitrogens is 2. The first kappa shape index (κ1) is 10.1. The normalized spacial score (nSPS) is 19.7. The maximum absolute atomic E-state index is 6.11. The van der Waals surface area contributed by atoms with Gasteiger partial charge in [-0.25, -0.2) is 4.98 Å². The SMILES string of the molecule is NC1CCCc2c1ccn2Cc1nccs1. The standard InChI is InChI=1S/C12H15N3S/c13-10-2-1-3-11-9(10)4-6-15(11)8-12-14-5-7-16-12/h4-7,10H,1-3,8,13H2. The van der Waals surface area contributed by atoms with Gasteiger partial charge in [0.2, 0.25) is 0 Å². The van der Waals surface area contributed by atoms with E-state index in [1.807, 2.05) is 11.6 Å². The highest BCUT2D eigenvalue weighted by atomic mass is 32.1. The van der Waals surface area contributed by atoms with E-state index in [1.165, 1.54) is 17.7 Å². The van der Waals surface area contributed by atoms with Crippen molar-refractivity contribution in [3.8, 4) is 0 Å². The van der Waals surface area contributed by atoms with Gasteiger partial charge >= 0.3 is 0 Å². The molecule has 0 bridgehead atoms. The van der Waals surface area contributed by atoms with Crippen molar-refractivity contribution in [1.82, 2.24) is 9.55 Å². The van der Waals surface area contributed by atoms with Crippen LogP contribution in [0, 0.1) is 0 Å². The molecule has 3 nitrogen and oxygen atoms in total. The molecule has 2 aromatic heterocycles. The second-order valence-electron chi connectivity index (χ2n) is 4.27. The Morgan fingerprint density at radius 3 is 3.31 bits per heavy atom. The van der Waals surface area contributed by atoms with E-state index in [0.29, 0.717) is 0 Å². The molecule has 1 atom stereocenters. The van der Waals surface area contributed by atoms with Gasteiger partial charge in [-0.2, -0.15) is 0 Å². The summed E-state index contributed by atoms with van der Waals surface area (Å²) < 4.78 is 2.30. The Kier molecular flexibility index (Phi) is 2.53. The second kappa shape index (κ2) is 4.03. The van der Waals surface area contributed by atoms with Crippen LogP contribution in [0.25, 0.3) is 0 Å². The lowest BCUT2D eigenvalue weighted by atomic mass is 9.94. The molecule has 0 saturated carbocycles. The topological polar surface area (TPSA) is 43.8 Å². The Bertz CT molecular complexity index is 472. The van der Waals surface area contributed by atoms with Crippen molar-refractivity contribution in [1.29, 1.82) is 0 Å². The van der Waals surface area contributed by atoms with Gasteiger partial charge in [0.1, 0.15) is 5.01 Å². The van der Waals surface area contributed by atoms with E-state index in [9.17, 15) is 0 Å². The van der Waals surface area contributed by atoms with Gasteiger partial charge in [0.25, 0.3) is 0 Å². The summed E-state index contributed by atoms with van der Waals surface area (Å²) in [4.78, 5) is 4.33. The minimum absolute atomic E-state index is 0.237. The predicted octanol–water partition coefficient (Wildman–Crippen LogP) is 2.33. The van der Waals surface area contributed by atoms with E-state index in [0.717, 1.165) is 24.4 Å². The first-order chi connectivity index (χ1) is 7.84. The number of hydrogen-bond acceptors (Lipinski definition) is 3. The molecule has 84 valence electrons. The van der Waals surface area contributed by atoms with E-state index in [2.05, 4.69) is 21.8 Å². The predicted molar refractivity (Wildman–Crippen MR) is 65.5 cm³/mol. The average molecular weight is 233 g/mol. The number of fused-ring (bicyclic) bond motifs is 1. The summed E-state index contributed by atoms with van der Waals surface area (Å²) in [5, 5.41) is 3.19. The van der Waals surface area contributed by atoms with Crippen molar-refractivity contribution in [2.24, 2.45) is 5.73 Å². The zero-order valence-corrected chi connectivity index (χ0v) is 9.91. The van der Waals surface area contributed by atoms with Crippen molar-refractivity contribution < 1.29 is 0 Å². The van der Waals surface area contributed by atoms with Crippen LogP contribution in [0.4, 0.5) is 0 Å². The highest BCUT2D eigenvalue weighted by Crippen LogP contribution is 2.29. The molecular weight excluding hydrogens is 218 g/mol. The van der Waals surface area contributed by atoms with Gasteiger partial charge in [-0.15, -0.1) is 11.3 Å². The van der Waals surface area contributed by atoms with Crippen LogP contribution in [0.3, 0.4) is 0 Å². The minimum Gasteiger partial charge on any atom is -0.344 e. The summed E-state index contributed by atoms with van der Waals surface area (Å²) in [5.41, 5.74) is 8.85. The Hall–Kier alpha value is -1.13. The molecule has 1 unspecified atom stereocenters. The Labute approximate surface area is 98.9 Å². The van der Waals surface area contributed by atoms with Gasteiger partial charge in [-0.1, -0.05) is 0 Å². The van der Waals surface area contributed by atoms with Crippen molar-refractivity contribution in [2.75, 3.05) is 0 Å². The Balaban J connectivity index is 1.91. The Morgan fingerprint density at radius 1 is 1.56 bits per heavy atom. The molecule has 2 N–H and O–H groups in total. The quantitative estimate of drug-likeness (QED) is 0.865. The zero-order valence-electron chi connectivity index (χ0n) is 9.10. The summed E-state index contributed by atoms with van der Waals surface area (Å²) in [6.45, 7) is 0.889. The summed E-state index contributed by atoms with van der Waals surface area (Å²) in [5.74, 6) is 0. The highest BCUT2D eigenvalue weighted by Gasteiger charge is 2.20. The third-order valence-electron chi connectivity index (χ3n) is 3.23. The van der Waals surface area contributed by atoms with Gasteiger partial charge in [0, 0.05) is 29.5 Å². The fourth-order valence-corrected chi connectivity index (χ4v) is 3.03. The smallest absolute Gasteiger partial charge is 0.112 e. The number of nitrogens with zero attached hydrogens (tertiary/aromatic N) is 2. The maximum Gasteiger partial charge on any atom is 0.112 e. The fraction of sp³-hybridized carbons (Fsp3) is 0.417. The molecule has 2 aromatic rings. The van der Waals surface area contributed by atoms with Crippen molar-refractivity contribution in [3.63, 3.8) is 0 Å². The molecule has 0 radical (unpaired) electrons. The summed E-state index contributed by atoms with van der Waals surface area (Å²) in [6.07, 6.45) is 7.49. The largest absolute Gasteiger partial charge is 0.344 e. The first-order valence-corrected chi connectivity index (χ1v) is 6.54. The maximum atomic E-state index is 6.11. The van der Waals surface area contributed by atoms with Crippen LogP contribution in [0.15, 0.2) is 23.8 Å². The molecule has 2 heterocycles. The van der Waals surface area contributed by atoms with Gasteiger partial charge in [-0.05, 0) is 30.9 Å². The Morgan fingerprint density at radius 2 is 2.50 bits per heavy atom. The second-order valence-corrected chi connectivity index (χ2v) is 5.25. The van der Waals surface area contributed by atoms with E-state index in [-0.39, 0.29) is 6.04 Å².